The van der Waals surface area contributed by atoms with Gasteiger partial charge in [-0.1, -0.05) is 0 Å². The van der Waals surface area contributed by atoms with E-state index in [1.807, 2.05) is 0 Å². The zero-order valence-corrected chi connectivity index (χ0v) is 14.4. The van der Waals surface area contributed by atoms with Crippen LogP contribution in [0.4, 0.5) is 0 Å². The molecule has 0 spiro atoms. The second kappa shape index (κ2) is 5.79. The van der Waals surface area contributed by atoms with Gasteiger partial charge in [0.05, 0.1) is 5.25 Å². The van der Waals surface area contributed by atoms with Gasteiger partial charge >= 0.3 is 0 Å². The minimum absolute atomic E-state index is 0.242. The van der Waals surface area contributed by atoms with Crippen molar-refractivity contribution in [1.29, 1.82) is 0 Å². The molecule has 1 aliphatic rings. The minimum atomic E-state index is -3.79. The van der Waals surface area contributed by atoms with Crippen LogP contribution in [0.1, 0.15) is 44.0 Å². The molecule has 23 heavy (non-hydrogen) atoms. The van der Waals surface area contributed by atoms with E-state index in [1.54, 1.807) is 25.4 Å². The Bertz CT molecular complexity index is 790. The molecule has 6 nitrogen and oxygen atoms in total. The molecule has 0 bridgehead atoms. The molecule has 8 heteroatoms. The van der Waals surface area contributed by atoms with E-state index in [0.29, 0.717) is 5.92 Å². The van der Waals surface area contributed by atoms with E-state index in [-0.39, 0.29) is 11.0 Å². The standard InChI is InChI=1S/C15H17ClN4O2S/c1-10(23(21,22)14-17-6-3-7-18-14)15(2,16)13-19-8-12(9-20-13)11-4-5-11/h3,6-11H,4-5H2,1-2H3. The van der Waals surface area contributed by atoms with Crippen LogP contribution in [0.15, 0.2) is 36.0 Å². The molecular weight excluding hydrogens is 336 g/mol. The molecule has 0 amide bonds. The Balaban J connectivity index is 1.91. The van der Waals surface area contributed by atoms with Crippen molar-refractivity contribution in [2.45, 2.75) is 47.9 Å². The maximum Gasteiger partial charge on any atom is 0.247 e. The Morgan fingerprint density at radius 2 is 1.74 bits per heavy atom. The fraction of sp³-hybridized carbons (Fsp3) is 0.467. The SMILES string of the molecule is CC(C(C)(Cl)c1ncc(C2CC2)cn1)S(=O)(=O)c1ncccn1. The zero-order valence-electron chi connectivity index (χ0n) is 12.8. The summed E-state index contributed by atoms with van der Waals surface area (Å²) in [7, 11) is -3.79. The van der Waals surface area contributed by atoms with Gasteiger partial charge in [0.15, 0.2) is 0 Å². The summed E-state index contributed by atoms with van der Waals surface area (Å²) < 4.78 is 25.3. The second-order valence-corrected chi connectivity index (χ2v) is 8.86. The highest BCUT2D eigenvalue weighted by molar-refractivity contribution is 7.92. The fourth-order valence-corrected chi connectivity index (χ4v) is 4.15. The lowest BCUT2D eigenvalue weighted by atomic mass is 10.1. The van der Waals surface area contributed by atoms with Crippen LogP contribution in [0, 0.1) is 0 Å². The van der Waals surface area contributed by atoms with Crippen molar-refractivity contribution < 1.29 is 8.42 Å². The normalized spacial score (nSPS) is 19.1. The van der Waals surface area contributed by atoms with Gasteiger partial charge in [0, 0.05) is 24.8 Å². The van der Waals surface area contributed by atoms with Crippen LogP contribution < -0.4 is 0 Å². The molecule has 2 heterocycles. The first kappa shape index (κ1) is 16.3. The van der Waals surface area contributed by atoms with Crippen molar-refractivity contribution in [1.82, 2.24) is 19.9 Å². The van der Waals surface area contributed by atoms with E-state index in [1.165, 1.54) is 19.3 Å². The lowest BCUT2D eigenvalue weighted by Gasteiger charge is -2.26. The molecule has 0 aromatic carbocycles. The number of alkyl halides is 1. The maximum absolute atomic E-state index is 12.7. The third-order valence-electron chi connectivity index (χ3n) is 4.18. The second-order valence-electron chi connectivity index (χ2n) is 5.91. The average molecular weight is 353 g/mol. The zero-order chi connectivity index (χ0) is 16.7. The van der Waals surface area contributed by atoms with Crippen LogP contribution in [-0.2, 0) is 14.7 Å². The summed E-state index contributed by atoms with van der Waals surface area (Å²) in [6.45, 7) is 3.13. The number of rotatable bonds is 5. The van der Waals surface area contributed by atoms with Crippen LogP contribution >= 0.6 is 11.6 Å². The van der Waals surface area contributed by atoms with Crippen LogP contribution in [-0.4, -0.2) is 33.6 Å². The summed E-state index contributed by atoms with van der Waals surface area (Å²) in [6.07, 6.45) is 8.55. The van der Waals surface area contributed by atoms with Gasteiger partial charge in [0.25, 0.3) is 0 Å². The van der Waals surface area contributed by atoms with E-state index in [9.17, 15) is 8.42 Å². The lowest BCUT2D eigenvalue weighted by Crippen LogP contribution is -2.38. The van der Waals surface area contributed by atoms with Gasteiger partial charge in [-0.05, 0) is 44.2 Å². The molecular formula is C15H17ClN4O2S. The fourth-order valence-electron chi connectivity index (χ4n) is 2.28. The van der Waals surface area contributed by atoms with E-state index in [0.717, 1.165) is 18.4 Å². The largest absolute Gasteiger partial charge is 0.247 e. The van der Waals surface area contributed by atoms with Gasteiger partial charge in [-0.3, -0.25) is 0 Å². The predicted octanol–water partition coefficient (Wildman–Crippen LogP) is 2.46. The molecule has 0 aliphatic heterocycles. The topological polar surface area (TPSA) is 85.7 Å². The Kier molecular flexibility index (Phi) is 4.10. The van der Waals surface area contributed by atoms with Crippen molar-refractivity contribution in [3.63, 3.8) is 0 Å². The molecule has 2 aromatic rings. The van der Waals surface area contributed by atoms with Gasteiger partial charge in [-0.15, -0.1) is 11.6 Å². The van der Waals surface area contributed by atoms with E-state index in [2.05, 4.69) is 19.9 Å². The molecule has 1 aliphatic carbocycles. The molecule has 1 fully saturated rings. The molecule has 122 valence electrons. The van der Waals surface area contributed by atoms with Gasteiger partial charge in [0.2, 0.25) is 15.0 Å². The van der Waals surface area contributed by atoms with Crippen LogP contribution in [0.5, 0.6) is 0 Å². The highest BCUT2D eigenvalue weighted by atomic mass is 35.5. The van der Waals surface area contributed by atoms with E-state index < -0.39 is 20.0 Å². The van der Waals surface area contributed by atoms with Crippen molar-refractivity contribution in [2.75, 3.05) is 0 Å². The first-order valence-electron chi connectivity index (χ1n) is 7.35. The van der Waals surface area contributed by atoms with E-state index >= 15 is 0 Å². The highest BCUT2D eigenvalue weighted by Crippen LogP contribution is 2.40. The summed E-state index contributed by atoms with van der Waals surface area (Å²) in [5, 5.41) is -1.22. The van der Waals surface area contributed by atoms with Gasteiger partial charge < -0.3 is 0 Å². The molecule has 2 unspecified atom stereocenters. The summed E-state index contributed by atoms with van der Waals surface area (Å²) in [5.41, 5.74) is 1.07. The van der Waals surface area contributed by atoms with Gasteiger partial charge in [0.1, 0.15) is 10.7 Å². The first-order chi connectivity index (χ1) is 10.8. The molecule has 3 rings (SSSR count). The Morgan fingerprint density at radius 1 is 1.17 bits per heavy atom. The molecule has 0 radical (unpaired) electrons. The Labute approximate surface area is 140 Å². The predicted molar refractivity (Wildman–Crippen MR) is 85.9 cm³/mol. The third-order valence-corrected chi connectivity index (χ3v) is 6.93. The van der Waals surface area contributed by atoms with Crippen LogP contribution in [0.3, 0.4) is 0 Å². The van der Waals surface area contributed by atoms with Crippen molar-refractivity contribution in [3.05, 3.63) is 42.2 Å². The number of aromatic nitrogens is 4. The summed E-state index contributed by atoms with van der Waals surface area (Å²) >= 11 is 6.53. The molecule has 0 saturated heterocycles. The van der Waals surface area contributed by atoms with Crippen molar-refractivity contribution in [2.24, 2.45) is 0 Å². The van der Waals surface area contributed by atoms with Gasteiger partial charge in [-0.25, -0.2) is 28.4 Å². The highest BCUT2D eigenvalue weighted by Gasteiger charge is 2.44. The number of hydrogen-bond donors (Lipinski definition) is 0. The monoisotopic (exact) mass is 352 g/mol. The maximum atomic E-state index is 12.7. The van der Waals surface area contributed by atoms with Crippen molar-refractivity contribution in [3.8, 4) is 0 Å². The Hall–Kier alpha value is -1.60. The molecule has 2 aromatic heterocycles. The Morgan fingerprint density at radius 3 is 2.26 bits per heavy atom. The average Bonchev–Trinajstić information content (AvgIpc) is 3.40. The quantitative estimate of drug-likeness (QED) is 0.607. The molecule has 1 saturated carbocycles. The summed E-state index contributed by atoms with van der Waals surface area (Å²) in [5.74, 6) is 0.820. The molecule has 2 atom stereocenters. The summed E-state index contributed by atoms with van der Waals surface area (Å²) in [6, 6.07) is 1.56. The van der Waals surface area contributed by atoms with Gasteiger partial charge in [-0.2, -0.15) is 0 Å². The lowest BCUT2D eigenvalue weighted by molar-refractivity contribution is 0.532. The van der Waals surface area contributed by atoms with Crippen LogP contribution in [0.2, 0.25) is 0 Å². The minimum Gasteiger partial charge on any atom is -0.239 e. The number of sulfone groups is 1. The van der Waals surface area contributed by atoms with Crippen molar-refractivity contribution >= 4 is 21.4 Å². The third kappa shape index (κ3) is 3.07. The summed E-state index contributed by atoms with van der Waals surface area (Å²) in [4.78, 5) is 15.0. The first-order valence-corrected chi connectivity index (χ1v) is 9.28. The number of nitrogens with zero attached hydrogens (tertiary/aromatic N) is 4. The molecule has 0 N–H and O–H groups in total. The van der Waals surface area contributed by atoms with Crippen LogP contribution in [0.25, 0.3) is 0 Å². The smallest absolute Gasteiger partial charge is 0.239 e. The van der Waals surface area contributed by atoms with E-state index in [4.69, 9.17) is 11.6 Å². The number of halogens is 1. The number of hydrogen-bond acceptors (Lipinski definition) is 6.